The molecule has 0 aliphatic rings. The summed E-state index contributed by atoms with van der Waals surface area (Å²) in [6.07, 6.45) is -0.782. The maximum atomic E-state index is 9.74. The standard InChI is InChI=1S/C14H22O3S/c1-10(2)17-8-13(16)9-18-14-6-4-5-12(7-14)11(3)15/h4-7,10-11,13,15-16H,8-9H2,1-3H3. The third-order valence-corrected chi connectivity index (χ3v) is 3.54. The lowest BCUT2D eigenvalue weighted by atomic mass is 10.1. The Hall–Kier alpha value is -0.550. The molecule has 1 aromatic carbocycles. The number of rotatable bonds is 7. The van der Waals surface area contributed by atoms with Crippen LogP contribution in [0.4, 0.5) is 0 Å². The van der Waals surface area contributed by atoms with E-state index in [1.165, 1.54) is 0 Å². The summed E-state index contributed by atoms with van der Waals surface area (Å²) < 4.78 is 5.35. The number of hydrogen-bond acceptors (Lipinski definition) is 4. The summed E-state index contributed by atoms with van der Waals surface area (Å²) >= 11 is 1.57. The predicted octanol–water partition coefficient (Wildman–Crippen LogP) is 2.62. The monoisotopic (exact) mass is 270 g/mol. The van der Waals surface area contributed by atoms with Crippen molar-refractivity contribution in [3.05, 3.63) is 29.8 Å². The van der Waals surface area contributed by atoms with Crippen LogP contribution >= 0.6 is 11.8 Å². The molecule has 1 aromatic rings. The molecular formula is C14H22O3S. The summed E-state index contributed by atoms with van der Waals surface area (Å²) in [7, 11) is 0. The fourth-order valence-electron chi connectivity index (χ4n) is 1.41. The van der Waals surface area contributed by atoms with E-state index in [1.54, 1.807) is 18.7 Å². The van der Waals surface area contributed by atoms with E-state index >= 15 is 0 Å². The lowest BCUT2D eigenvalue weighted by Crippen LogP contribution is -2.20. The first-order valence-corrected chi connectivity index (χ1v) is 7.18. The highest BCUT2D eigenvalue weighted by atomic mass is 32.2. The highest BCUT2D eigenvalue weighted by Gasteiger charge is 2.08. The minimum Gasteiger partial charge on any atom is -0.390 e. The number of thioether (sulfide) groups is 1. The second kappa shape index (κ2) is 7.79. The van der Waals surface area contributed by atoms with Gasteiger partial charge in [-0.1, -0.05) is 12.1 Å². The van der Waals surface area contributed by atoms with E-state index in [0.717, 1.165) is 10.5 Å². The Labute approximate surface area is 113 Å². The molecule has 0 saturated heterocycles. The zero-order chi connectivity index (χ0) is 13.5. The van der Waals surface area contributed by atoms with Gasteiger partial charge in [-0.05, 0) is 38.5 Å². The number of aliphatic hydroxyl groups is 2. The van der Waals surface area contributed by atoms with Crippen LogP contribution in [0.5, 0.6) is 0 Å². The Balaban J connectivity index is 2.40. The molecule has 0 aliphatic carbocycles. The predicted molar refractivity (Wildman–Crippen MR) is 74.9 cm³/mol. The largest absolute Gasteiger partial charge is 0.390 e. The van der Waals surface area contributed by atoms with Crippen LogP contribution < -0.4 is 0 Å². The summed E-state index contributed by atoms with van der Waals surface area (Å²) in [5.41, 5.74) is 0.896. The van der Waals surface area contributed by atoms with Gasteiger partial charge in [0.2, 0.25) is 0 Å². The zero-order valence-electron chi connectivity index (χ0n) is 11.2. The molecule has 2 atom stereocenters. The molecule has 2 unspecified atom stereocenters. The van der Waals surface area contributed by atoms with E-state index in [0.29, 0.717) is 12.4 Å². The Kier molecular flexibility index (Phi) is 6.71. The van der Waals surface area contributed by atoms with Gasteiger partial charge >= 0.3 is 0 Å². The van der Waals surface area contributed by atoms with Crippen LogP contribution in [0.15, 0.2) is 29.2 Å². The number of hydrogen-bond donors (Lipinski definition) is 2. The first-order chi connectivity index (χ1) is 8.49. The van der Waals surface area contributed by atoms with Crippen LogP contribution in [-0.2, 0) is 4.74 Å². The average Bonchev–Trinajstić information content (AvgIpc) is 2.34. The smallest absolute Gasteiger partial charge is 0.0867 e. The maximum Gasteiger partial charge on any atom is 0.0867 e. The van der Waals surface area contributed by atoms with Crippen molar-refractivity contribution in [2.24, 2.45) is 0 Å². The molecule has 0 bridgehead atoms. The SMILES string of the molecule is CC(C)OCC(O)CSc1cccc(C(C)O)c1. The second-order valence-electron chi connectivity index (χ2n) is 4.60. The van der Waals surface area contributed by atoms with Gasteiger partial charge in [0.1, 0.15) is 0 Å². The Morgan fingerprint density at radius 1 is 1.22 bits per heavy atom. The lowest BCUT2D eigenvalue weighted by molar-refractivity contribution is 0.0152. The third kappa shape index (κ3) is 5.87. The molecule has 0 aromatic heterocycles. The molecule has 0 heterocycles. The average molecular weight is 270 g/mol. The molecule has 3 nitrogen and oxygen atoms in total. The van der Waals surface area contributed by atoms with Crippen LogP contribution in [0.1, 0.15) is 32.4 Å². The fraction of sp³-hybridized carbons (Fsp3) is 0.571. The van der Waals surface area contributed by atoms with Crippen molar-refractivity contribution >= 4 is 11.8 Å². The van der Waals surface area contributed by atoms with Crippen LogP contribution in [0.3, 0.4) is 0 Å². The summed E-state index contributed by atoms with van der Waals surface area (Å²) in [6.45, 7) is 6.01. The van der Waals surface area contributed by atoms with Crippen molar-refractivity contribution in [3.63, 3.8) is 0 Å². The van der Waals surface area contributed by atoms with Crippen LogP contribution in [0.2, 0.25) is 0 Å². The molecule has 0 spiro atoms. The lowest BCUT2D eigenvalue weighted by Gasteiger charge is -2.13. The summed E-state index contributed by atoms with van der Waals surface area (Å²) in [4.78, 5) is 1.05. The maximum absolute atomic E-state index is 9.74. The quantitative estimate of drug-likeness (QED) is 0.748. The van der Waals surface area contributed by atoms with Gasteiger partial charge in [0.15, 0.2) is 0 Å². The van der Waals surface area contributed by atoms with Gasteiger partial charge in [0.05, 0.1) is 24.9 Å². The Morgan fingerprint density at radius 2 is 1.94 bits per heavy atom. The van der Waals surface area contributed by atoms with Crippen molar-refractivity contribution in [2.45, 2.75) is 44.0 Å². The molecule has 0 radical (unpaired) electrons. The molecule has 0 aliphatic heterocycles. The van der Waals surface area contributed by atoms with Gasteiger partial charge in [-0.2, -0.15) is 0 Å². The van der Waals surface area contributed by atoms with E-state index in [4.69, 9.17) is 4.74 Å². The highest BCUT2D eigenvalue weighted by Crippen LogP contribution is 2.23. The Morgan fingerprint density at radius 3 is 2.56 bits per heavy atom. The van der Waals surface area contributed by atoms with E-state index in [-0.39, 0.29) is 6.10 Å². The van der Waals surface area contributed by atoms with Crippen molar-refractivity contribution in [3.8, 4) is 0 Å². The highest BCUT2D eigenvalue weighted by molar-refractivity contribution is 7.99. The van der Waals surface area contributed by atoms with Gasteiger partial charge in [0.25, 0.3) is 0 Å². The van der Waals surface area contributed by atoms with E-state index in [1.807, 2.05) is 38.1 Å². The molecule has 18 heavy (non-hydrogen) atoms. The van der Waals surface area contributed by atoms with Gasteiger partial charge < -0.3 is 14.9 Å². The number of aliphatic hydroxyl groups excluding tert-OH is 2. The molecule has 102 valence electrons. The normalized spacial score (nSPS) is 14.8. The minimum absolute atomic E-state index is 0.142. The molecule has 0 fully saturated rings. The molecule has 0 amide bonds. The second-order valence-corrected chi connectivity index (χ2v) is 5.69. The van der Waals surface area contributed by atoms with Crippen molar-refractivity contribution < 1.29 is 14.9 Å². The molecule has 4 heteroatoms. The van der Waals surface area contributed by atoms with Gasteiger partial charge in [-0.25, -0.2) is 0 Å². The van der Waals surface area contributed by atoms with Gasteiger partial charge in [0, 0.05) is 10.6 Å². The first-order valence-electron chi connectivity index (χ1n) is 6.19. The summed E-state index contributed by atoms with van der Waals surface area (Å²) in [5.74, 6) is 0.593. The number of ether oxygens (including phenoxy) is 1. The van der Waals surface area contributed by atoms with Gasteiger partial charge in [-0.15, -0.1) is 11.8 Å². The minimum atomic E-state index is -0.465. The fourth-order valence-corrected chi connectivity index (χ4v) is 2.28. The van der Waals surface area contributed by atoms with Crippen molar-refractivity contribution in [2.75, 3.05) is 12.4 Å². The first kappa shape index (κ1) is 15.5. The summed E-state index contributed by atoms with van der Waals surface area (Å²) in [6, 6.07) is 7.74. The topological polar surface area (TPSA) is 49.7 Å². The van der Waals surface area contributed by atoms with Crippen LogP contribution in [0.25, 0.3) is 0 Å². The van der Waals surface area contributed by atoms with E-state index < -0.39 is 12.2 Å². The molecule has 0 saturated carbocycles. The summed E-state index contributed by atoms with van der Waals surface area (Å²) in [5, 5.41) is 19.2. The number of benzene rings is 1. The van der Waals surface area contributed by atoms with E-state index in [2.05, 4.69) is 0 Å². The van der Waals surface area contributed by atoms with Crippen LogP contribution in [-0.4, -0.2) is 34.8 Å². The van der Waals surface area contributed by atoms with Crippen molar-refractivity contribution in [1.29, 1.82) is 0 Å². The Bertz CT molecular complexity index is 353. The van der Waals surface area contributed by atoms with E-state index in [9.17, 15) is 10.2 Å². The zero-order valence-corrected chi connectivity index (χ0v) is 12.0. The third-order valence-electron chi connectivity index (χ3n) is 2.40. The molecule has 2 N–H and O–H groups in total. The van der Waals surface area contributed by atoms with Gasteiger partial charge in [-0.3, -0.25) is 0 Å². The molecular weight excluding hydrogens is 248 g/mol. The van der Waals surface area contributed by atoms with Crippen LogP contribution in [0, 0.1) is 0 Å². The van der Waals surface area contributed by atoms with Crippen molar-refractivity contribution in [1.82, 2.24) is 0 Å². The molecule has 1 rings (SSSR count).